The molecule has 2 aromatic carbocycles. The highest BCUT2D eigenvalue weighted by Gasteiger charge is 2.19. The number of fused-ring (bicyclic) bond motifs is 1. The van der Waals surface area contributed by atoms with E-state index in [1.807, 2.05) is 56.3 Å². The highest BCUT2D eigenvalue weighted by molar-refractivity contribution is 7.90. The Hall–Kier alpha value is -1.92. The molecule has 6 heteroatoms. The summed E-state index contributed by atoms with van der Waals surface area (Å²) in [5, 5.41) is 5.27. The number of nitrogens with one attached hydrogen (secondary N) is 1. The molecule has 2 atom stereocenters. The second-order valence-electron chi connectivity index (χ2n) is 6.71. The summed E-state index contributed by atoms with van der Waals surface area (Å²) in [7, 11) is -1.31. The zero-order valence-electron chi connectivity index (χ0n) is 15.2. The Balaban J connectivity index is 2.02. The summed E-state index contributed by atoms with van der Waals surface area (Å²) in [5.41, 5.74) is 1.07. The first-order valence-corrected chi connectivity index (χ1v) is 10.4. The summed E-state index contributed by atoms with van der Waals surface area (Å²) in [4.78, 5) is 14.1. The number of sulfone groups is 1. The topological polar surface area (TPSA) is 66.5 Å². The van der Waals surface area contributed by atoms with Gasteiger partial charge in [-0.15, -0.1) is 0 Å². The maximum atomic E-state index is 12.3. The van der Waals surface area contributed by atoms with E-state index in [0.717, 1.165) is 16.3 Å². The van der Waals surface area contributed by atoms with Crippen LogP contribution in [-0.4, -0.2) is 50.9 Å². The second kappa shape index (κ2) is 7.97. The molecule has 0 radical (unpaired) electrons. The number of rotatable bonds is 7. The normalized spacial score (nSPS) is 14.4. The average molecular weight is 362 g/mol. The van der Waals surface area contributed by atoms with Crippen LogP contribution >= 0.6 is 0 Å². The van der Waals surface area contributed by atoms with E-state index in [-0.39, 0.29) is 30.3 Å². The van der Waals surface area contributed by atoms with E-state index < -0.39 is 9.84 Å². The lowest BCUT2D eigenvalue weighted by molar-refractivity contribution is -0.122. The Morgan fingerprint density at radius 1 is 1.12 bits per heavy atom. The summed E-state index contributed by atoms with van der Waals surface area (Å²) in [5.74, 6) is -0.0846. The van der Waals surface area contributed by atoms with E-state index in [4.69, 9.17) is 0 Å². The molecule has 0 fully saturated rings. The van der Waals surface area contributed by atoms with Crippen molar-refractivity contribution < 1.29 is 13.2 Å². The van der Waals surface area contributed by atoms with Gasteiger partial charge in [-0.1, -0.05) is 42.5 Å². The van der Waals surface area contributed by atoms with Gasteiger partial charge in [-0.05, 0) is 37.2 Å². The summed E-state index contributed by atoms with van der Waals surface area (Å²) in [6, 6.07) is 13.8. The summed E-state index contributed by atoms with van der Waals surface area (Å²) in [6.45, 7) is 3.92. The predicted octanol–water partition coefficient (Wildman–Crippen LogP) is 2.38. The van der Waals surface area contributed by atoms with Crippen molar-refractivity contribution >= 4 is 26.5 Å². The number of hydrogen-bond acceptors (Lipinski definition) is 4. The van der Waals surface area contributed by atoms with Crippen LogP contribution in [-0.2, 0) is 14.6 Å². The molecule has 25 heavy (non-hydrogen) atoms. The number of carbonyl (C=O) groups is 1. The number of amides is 1. The van der Waals surface area contributed by atoms with Gasteiger partial charge in [0.1, 0.15) is 9.84 Å². The molecular formula is C19H26N2O3S. The molecule has 1 amide bonds. The third-order valence-electron chi connectivity index (χ3n) is 4.36. The number of hydrogen-bond donors (Lipinski definition) is 1. The van der Waals surface area contributed by atoms with Gasteiger partial charge in [-0.25, -0.2) is 8.42 Å². The van der Waals surface area contributed by atoms with Gasteiger partial charge in [0.2, 0.25) is 5.91 Å². The molecule has 0 saturated carbocycles. The minimum absolute atomic E-state index is 0.0374. The minimum atomic E-state index is -3.07. The third-order valence-corrected chi connectivity index (χ3v) is 5.44. The number of likely N-dealkylation sites (N-methyl/N-ethyl adjacent to an activating group) is 1. The Kier molecular flexibility index (Phi) is 6.19. The lowest BCUT2D eigenvalue weighted by atomic mass is 10.00. The maximum Gasteiger partial charge on any atom is 0.234 e. The van der Waals surface area contributed by atoms with Crippen LogP contribution in [0.2, 0.25) is 0 Å². The van der Waals surface area contributed by atoms with Crippen LogP contribution in [0.5, 0.6) is 0 Å². The smallest absolute Gasteiger partial charge is 0.234 e. The van der Waals surface area contributed by atoms with Gasteiger partial charge in [0.25, 0.3) is 0 Å². The zero-order valence-corrected chi connectivity index (χ0v) is 16.0. The van der Waals surface area contributed by atoms with Crippen LogP contribution in [0.3, 0.4) is 0 Å². The average Bonchev–Trinajstić information content (AvgIpc) is 2.52. The van der Waals surface area contributed by atoms with Crippen molar-refractivity contribution in [2.24, 2.45) is 0 Å². The molecule has 0 bridgehead atoms. The molecule has 136 valence electrons. The Bertz CT molecular complexity index is 843. The fourth-order valence-corrected chi connectivity index (χ4v) is 4.07. The molecule has 0 aliphatic carbocycles. The van der Waals surface area contributed by atoms with Crippen molar-refractivity contribution in [3.05, 3.63) is 48.0 Å². The van der Waals surface area contributed by atoms with Gasteiger partial charge in [-0.3, -0.25) is 9.69 Å². The quantitative estimate of drug-likeness (QED) is 0.821. The number of carbonyl (C=O) groups excluding carboxylic acids is 1. The van der Waals surface area contributed by atoms with Crippen molar-refractivity contribution in [2.75, 3.05) is 25.6 Å². The van der Waals surface area contributed by atoms with Gasteiger partial charge in [0.15, 0.2) is 0 Å². The second-order valence-corrected chi connectivity index (χ2v) is 8.90. The van der Waals surface area contributed by atoms with Crippen molar-refractivity contribution in [1.29, 1.82) is 0 Å². The van der Waals surface area contributed by atoms with E-state index in [1.165, 1.54) is 6.26 Å². The van der Waals surface area contributed by atoms with Gasteiger partial charge in [0.05, 0.1) is 18.3 Å². The Morgan fingerprint density at radius 3 is 2.44 bits per heavy atom. The van der Waals surface area contributed by atoms with E-state index in [1.54, 1.807) is 11.9 Å². The molecule has 1 N–H and O–H groups in total. The van der Waals surface area contributed by atoms with Crippen LogP contribution in [0.25, 0.3) is 10.8 Å². The molecule has 2 rings (SSSR count). The Labute approximate surface area is 149 Å². The van der Waals surface area contributed by atoms with Crippen LogP contribution in [0.1, 0.15) is 25.5 Å². The van der Waals surface area contributed by atoms with Gasteiger partial charge in [-0.2, -0.15) is 0 Å². The van der Waals surface area contributed by atoms with Crippen LogP contribution in [0, 0.1) is 0 Å². The van der Waals surface area contributed by atoms with Crippen molar-refractivity contribution in [3.8, 4) is 0 Å². The highest BCUT2D eigenvalue weighted by atomic mass is 32.2. The summed E-state index contributed by atoms with van der Waals surface area (Å²) >= 11 is 0. The highest BCUT2D eigenvalue weighted by Crippen LogP contribution is 2.23. The first kappa shape index (κ1) is 19.4. The van der Waals surface area contributed by atoms with Crippen LogP contribution in [0.15, 0.2) is 42.5 Å². The fourth-order valence-electron chi connectivity index (χ4n) is 2.94. The lowest BCUT2D eigenvalue weighted by Gasteiger charge is -2.24. The lowest BCUT2D eigenvalue weighted by Crippen LogP contribution is -2.42. The van der Waals surface area contributed by atoms with E-state index >= 15 is 0 Å². The predicted molar refractivity (Wildman–Crippen MR) is 102 cm³/mol. The van der Waals surface area contributed by atoms with Gasteiger partial charge < -0.3 is 5.32 Å². The molecule has 0 spiro atoms. The van der Waals surface area contributed by atoms with Crippen molar-refractivity contribution in [1.82, 2.24) is 10.2 Å². The van der Waals surface area contributed by atoms with E-state index in [9.17, 15) is 13.2 Å². The molecule has 0 aliphatic rings. The van der Waals surface area contributed by atoms with Crippen LogP contribution < -0.4 is 5.32 Å². The number of benzene rings is 2. The third kappa shape index (κ3) is 5.54. The molecule has 0 aromatic heterocycles. The monoisotopic (exact) mass is 362 g/mol. The summed E-state index contributed by atoms with van der Waals surface area (Å²) < 4.78 is 22.8. The van der Waals surface area contributed by atoms with Crippen LogP contribution in [0.4, 0.5) is 0 Å². The molecular weight excluding hydrogens is 336 g/mol. The molecule has 5 nitrogen and oxygen atoms in total. The van der Waals surface area contributed by atoms with E-state index in [2.05, 4.69) is 5.32 Å². The van der Waals surface area contributed by atoms with Crippen molar-refractivity contribution in [2.45, 2.75) is 25.9 Å². The van der Waals surface area contributed by atoms with E-state index in [0.29, 0.717) is 0 Å². The number of nitrogens with zero attached hydrogens (tertiary/aromatic N) is 1. The zero-order chi connectivity index (χ0) is 18.6. The van der Waals surface area contributed by atoms with Gasteiger partial charge >= 0.3 is 0 Å². The molecule has 0 saturated heterocycles. The first-order chi connectivity index (χ1) is 11.7. The van der Waals surface area contributed by atoms with Crippen molar-refractivity contribution in [3.63, 3.8) is 0 Å². The molecule has 2 aromatic rings. The molecule has 0 heterocycles. The SMILES string of the molecule is CC(NC(=O)CN(C)C(C)CS(C)(=O)=O)c1cccc2ccccc12. The summed E-state index contributed by atoms with van der Waals surface area (Å²) in [6.07, 6.45) is 1.21. The fraction of sp³-hybridized carbons (Fsp3) is 0.421. The molecule has 2 unspecified atom stereocenters. The largest absolute Gasteiger partial charge is 0.348 e. The minimum Gasteiger partial charge on any atom is -0.348 e. The Morgan fingerprint density at radius 2 is 1.76 bits per heavy atom. The first-order valence-electron chi connectivity index (χ1n) is 8.32. The van der Waals surface area contributed by atoms with Gasteiger partial charge in [0, 0.05) is 12.3 Å². The molecule has 0 aliphatic heterocycles. The standard InChI is InChI=1S/C19H26N2O3S/c1-14(13-25(4,23)24)21(3)12-19(22)20-15(2)17-11-7-9-16-8-5-6-10-18(16)17/h5-11,14-15H,12-13H2,1-4H3,(H,20,22). The maximum absolute atomic E-state index is 12.3.